The molecule has 0 amide bonds. The molecule has 0 bridgehead atoms. The maximum Gasteiger partial charge on any atom is 0.416 e. The van der Waals surface area contributed by atoms with Gasteiger partial charge < -0.3 is 0 Å². The van der Waals surface area contributed by atoms with Crippen LogP contribution < -0.4 is 0 Å². The maximum atomic E-state index is 12.5. The van der Waals surface area contributed by atoms with E-state index in [0.29, 0.717) is 18.2 Å². The summed E-state index contributed by atoms with van der Waals surface area (Å²) in [5.74, 6) is 1.02. The number of alkyl halides is 5. The van der Waals surface area contributed by atoms with E-state index in [1.54, 1.807) is 0 Å². The highest BCUT2D eigenvalue weighted by atomic mass is 35.5. The first kappa shape index (κ1) is 16.6. The molecule has 0 radical (unpaired) electrons. The second kappa shape index (κ2) is 6.36. The van der Waals surface area contributed by atoms with Crippen LogP contribution in [0.3, 0.4) is 0 Å². The van der Waals surface area contributed by atoms with Crippen molar-refractivity contribution in [2.24, 2.45) is 11.3 Å². The van der Waals surface area contributed by atoms with Crippen molar-refractivity contribution in [2.75, 3.05) is 11.8 Å². The summed E-state index contributed by atoms with van der Waals surface area (Å²) >= 11 is 12.0. The van der Waals surface area contributed by atoms with Crippen molar-refractivity contribution in [2.45, 2.75) is 26.4 Å². The smallest absolute Gasteiger partial charge is 0.166 e. The fraction of sp³-hybridized carbons (Fsp3) is 0.571. The molecule has 0 saturated carbocycles. The fourth-order valence-corrected chi connectivity index (χ4v) is 2.95. The molecule has 0 fully saturated rings. The second-order valence-electron chi connectivity index (χ2n) is 5.16. The Morgan fingerprint density at radius 1 is 1.00 bits per heavy atom. The normalized spacial score (nSPS) is 13.1. The van der Waals surface area contributed by atoms with Gasteiger partial charge >= 0.3 is 6.18 Å². The van der Waals surface area contributed by atoms with E-state index in [1.165, 1.54) is 12.1 Å². The first-order valence-corrected chi connectivity index (χ1v) is 7.10. The van der Waals surface area contributed by atoms with Gasteiger partial charge in [0.1, 0.15) is 0 Å². The standard InChI is InChI=1S/C14H17Cl2F3/c1-10(2)13(8-15,9-16)7-11-3-5-12(6-4-11)14(17,18)19/h3-6,10H,7-9H2,1-2H3. The number of benzene rings is 1. The minimum absolute atomic E-state index is 0.254. The quantitative estimate of drug-likeness (QED) is 0.641. The topological polar surface area (TPSA) is 0 Å². The third-order valence-corrected chi connectivity index (χ3v) is 4.66. The lowest BCUT2D eigenvalue weighted by atomic mass is 9.76. The van der Waals surface area contributed by atoms with Crippen molar-refractivity contribution in [1.29, 1.82) is 0 Å². The van der Waals surface area contributed by atoms with E-state index >= 15 is 0 Å². The molecule has 108 valence electrons. The molecule has 19 heavy (non-hydrogen) atoms. The van der Waals surface area contributed by atoms with Gasteiger partial charge in [-0.05, 0) is 30.0 Å². The first-order valence-electron chi connectivity index (χ1n) is 6.03. The van der Waals surface area contributed by atoms with Crippen LogP contribution in [0.1, 0.15) is 25.0 Å². The summed E-state index contributed by atoms with van der Waals surface area (Å²) in [7, 11) is 0. The molecule has 0 aliphatic heterocycles. The number of halogens is 5. The monoisotopic (exact) mass is 312 g/mol. The summed E-state index contributed by atoms with van der Waals surface area (Å²) in [6.45, 7) is 4.05. The van der Waals surface area contributed by atoms with Gasteiger partial charge in [0.25, 0.3) is 0 Å². The average molecular weight is 313 g/mol. The highest BCUT2D eigenvalue weighted by Crippen LogP contribution is 2.35. The zero-order valence-corrected chi connectivity index (χ0v) is 12.4. The molecular weight excluding hydrogens is 296 g/mol. The van der Waals surface area contributed by atoms with Crippen molar-refractivity contribution in [3.8, 4) is 0 Å². The first-order chi connectivity index (χ1) is 8.75. The minimum Gasteiger partial charge on any atom is -0.166 e. The van der Waals surface area contributed by atoms with Crippen molar-refractivity contribution in [3.05, 3.63) is 35.4 Å². The minimum atomic E-state index is -4.30. The molecular formula is C14H17Cl2F3. The molecule has 0 aliphatic carbocycles. The van der Waals surface area contributed by atoms with E-state index in [4.69, 9.17) is 23.2 Å². The molecule has 0 heterocycles. The van der Waals surface area contributed by atoms with Crippen molar-refractivity contribution in [1.82, 2.24) is 0 Å². The molecule has 1 rings (SSSR count). The van der Waals surface area contributed by atoms with Crippen LogP contribution in [-0.4, -0.2) is 11.8 Å². The van der Waals surface area contributed by atoms with Gasteiger partial charge in [0.05, 0.1) is 5.56 Å². The van der Waals surface area contributed by atoms with E-state index in [2.05, 4.69) is 0 Å². The van der Waals surface area contributed by atoms with E-state index in [-0.39, 0.29) is 11.3 Å². The van der Waals surface area contributed by atoms with Crippen LogP contribution >= 0.6 is 23.2 Å². The fourth-order valence-electron chi connectivity index (χ4n) is 1.86. The molecule has 0 atom stereocenters. The maximum absolute atomic E-state index is 12.5. The van der Waals surface area contributed by atoms with Gasteiger partial charge in [-0.2, -0.15) is 13.2 Å². The largest absolute Gasteiger partial charge is 0.416 e. The van der Waals surface area contributed by atoms with E-state index < -0.39 is 11.7 Å². The van der Waals surface area contributed by atoms with Gasteiger partial charge in [-0.25, -0.2) is 0 Å². The Hall–Kier alpha value is -0.410. The lowest BCUT2D eigenvalue weighted by molar-refractivity contribution is -0.137. The third kappa shape index (κ3) is 4.03. The summed E-state index contributed by atoms with van der Waals surface area (Å²) < 4.78 is 37.4. The van der Waals surface area contributed by atoms with Crippen molar-refractivity contribution in [3.63, 3.8) is 0 Å². The molecule has 0 nitrogen and oxygen atoms in total. The molecule has 0 aromatic heterocycles. The van der Waals surface area contributed by atoms with Crippen LogP contribution in [-0.2, 0) is 12.6 Å². The van der Waals surface area contributed by atoms with Crippen LogP contribution in [0.4, 0.5) is 13.2 Å². The molecule has 0 aliphatic rings. The van der Waals surface area contributed by atoms with Crippen LogP contribution in [0.15, 0.2) is 24.3 Å². The summed E-state index contributed by atoms with van der Waals surface area (Å²) in [5, 5.41) is 0. The van der Waals surface area contributed by atoms with Crippen LogP contribution in [0.5, 0.6) is 0 Å². The molecule has 0 saturated heterocycles. The number of rotatable bonds is 5. The molecule has 5 heteroatoms. The summed E-state index contributed by atoms with van der Waals surface area (Å²) in [6.07, 6.45) is -3.72. The van der Waals surface area contributed by atoms with Crippen molar-refractivity contribution >= 4 is 23.2 Å². The van der Waals surface area contributed by atoms with Crippen LogP contribution in [0, 0.1) is 11.3 Å². The average Bonchev–Trinajstić information content (AvgIpc) is 2.35. The Morgan fingerprint density at radius 3 is 1.79 bits per heavy atom. The predicted molar refractivity (Wildman–Crippen MR) is 73.9 cm³/mol. The molecule has 1 aromatic carbocycles. The highest BCUT2D eigenvalue weighted by Gasteiger charge is 2.33. The predicted octanol–water partition coefficient (Wildman–Crippen LogP) is 5.37. The Bertz CT molecular complexity index is 392. The Morgan fingerprint density at radius 2 is 1.47 bits per heavy atom. The number of hydrogen-bond acceptors (Lipinski definition) is 0. The Kier molecular flexibility index (Phi) is 5.57. The zero-order valence-electron chi connectivity index (χ0n) is 10.9. The lowest BCUT2D eigenvalue weighted by Crippen LogP contribution is -2.34. The Labute approximate surface area is 121 Å². The van der Waals surface area contributed by atoms with Gasteiger partial charge in [0.2, 0.25) is 0 Å². The number of hydrogen-bond donors (Lipinski definition) is 0. The van der Waals surface area contributed by atoms with E-state index in [9.17, 15) is 13.2 Å². The van der Waals surface area contributed by atoms with E-state index in [0.717, 1.165) is 17.7 Å². The van der Waals surface area contributed by atoms with Gasteiger partial charge in [-0.15, -0.1) is 23.2 Å². The third-order valence-electron chi connectivity index (χ3n) is 3.59. The lowest BCUT2D eigenvalue weighted by Gasteiger charge is -2.34. The molecule has 0 unspecified atom stereocenters. The molecule has 0 N–H and O–H groups in total. The summed E-state index contributed by atoms with van der Waals surface area (Å²) in [4.78, 5) is 0. The van der Waals surface area contributed by atoms with Gasteiger partial charge in [0.15, 0.2) is 0 Å². The molecule has 0 spiro atoms. The summed E-state index contributed by atoms with van der Waals surface area (Å²) in [6, 6.07) is 5.20. The molecule has 1 aromatic rings. The summed E-state index contributed by atoms with van der Waals surface area (Å²) in [5.41, 5.74) is -0.103. The van der Waals surface area contributed by atoms with Crippen LogP contribution in [0.2, 0.25) is 0 Å². The van der Waals surface area contributed by atoms with Gasteiger partial charge in [-0.1, -0.05) is 26.0 Å². The highest BCUT2D eigenvalue weighted by molar-refractivity contribution is 6.21. The van der Waals surface area contributed by atoms with Crippen LogP contribution in [0.25, 0.3) is 0 Å². The van der Waals surface area contributed by atoms with Gasteiger partial charge in [-0.3, -0.25) is 0 Å². The second-order valence-corrected chi connectivity index (χ2v) is 5.69. The Balaban J connectivity index is 2.93. The zero-order chi connectivity index (χ0) is 14.7. The van der Waals surface area contributed by atoms with Crippen molar-refractivity contribution < 1.29 is 13.2 Å². The van der Waals surface area contributed by atoms with E-state index in [1.807, 2.05) is 13.8 Å². The van der Waals surface area contributed by atoms with Gasteiger partial charge in [0, 0.05) is 17.2 Å². The SMILES string of the molecule is CC(C)C(CCl)(CCl)Cc1ccc(C(F)(F)F)cc1.